The minimum Gasteiger partial charge on any atom is -0.337 e. The van der Waals surface area contributed by atoms with E-state index in [4.69, 9.17) is 4.52 Å². The highest BCUT2D eigenvalue weighted by Gasteiger charge is 2.16. The Morgan fingerprint density at radius 2 is 1.73 bits per heavy atom. The van der Waals surface area contributed by atoms with Crippen molar-refractivity contribution in [3.63, 3.8) is 0 Å². The Morgan fingerprint density at radius 1 is 1.04 bits per heavy atom. The normalized spacial score (nSPS) is 10.8. The van der Waals surface area contributed by atoms with Gasteiger partial charge in [-0.3, -0.25) is 4.79 Å². The van der Waals surface area contributed by atoms with Crippen LogP contribution in [0.15, 0.2) is 47.0 Å². The number of carbonyl (C=O) groups excluding carboxylic acids is 1. The molecule has 0 aliphatic heterocycles. The van der Waals surface area contributed by atoms with Gasteiger partial charge in [0.2, 0.25) is 17.6 Å². The predicted molar refractivity (Wildman–Crippen MR) is 101 cm³/mol. The lowest BCUT2D eigenvalue weighted by molar-refractivity contribution is -0.130. The molecule has 3 aromatic rings. The van der Waals surface area contributed by atoms with E-state index < -0.39 is 0 Å². The van der Waals surface area contributed by atoms with E-state index in [2.05, 4.69) is 22.3 Å². The molecule has 0 saturated carbocycles. The van der Waals surface area contributed by atoms with Gasteiger partial charge in [-0.15, -0.1) is 0 Å². The van der Waals surface area contributed by atoms with Crippen LogP contribution in [-0.4, -0.2) is 28.0 Å². The van der Waals surface area contributed by atoms with E-state index in [9.17, 15) is 4.79 Å². The number of carbonyl (C=O) groups is 1. The van der Waals surface area contributed by atoms with Crippen LogP contribution in [-0.2, 0) is 17.8 Å². The number of nitrogens with zero attached hydrogens (tertiary/aromatic N) is 3. The Morgan fingerprint density at radius 3 is 2.46 bits per heavy atom. The fraction of sp³-hybridized carbons (Fsp3) is 0.286. The summed E-state index contributed by atoms with van der Waals surface area (Å²) in [6.07, 6.45) is 0.364. The summed E-state index contributed by atoms with van der Waals surface area (Å²) in [6.45, 7) is 6.38. The van der Waals surface area contributed by atoms with Crippen molar-refractivity contribution in [1.82, 2.24) is 15.0 Å². The van der Waals surface area contributed by atoms with E-state index in [-0.39, 0.29) is 5.91 Å². The number of aromatic nitrogens is 2. The van der Waals surface area contributed by atoms with Crippen LogP contribution in [0.1, 0.15) is 28.1 Å². The molecule has 1 amide bonds. The first-order chi connectivity index (χ1) is 12.4. The molecule has 5 nitrogen and oxygen atoms in total. The molecule has 0 spiro atoms. The van der Waals surface area contributed by atoms with Crippen LogP contribution < -0.4 is 0 Å². The van der Waals surface area contributed by atoms with Crippen LogP contribution in [0.2, 0.25) is 0 Å². The van der Waals surface area contributed by atoms with Crippen molar-refractivity contribution in [2.45, 2.75) is 33.7 Å². The van der Waals surface area contributed by atoms with Gasteiger partial charge in [0.05, 0.1) is 13.0 Å². The molecular weight excluding hydrogens is 326 g/mol. The molecule has 26 heavy (non-hydrogen) atoms. The molecule has 134 valence electrons. The molecule has 0 radical (unpaired) electrons. The monoisotopic (exact) mass is 349 g/mol. The third-order valence-electron chi connectivity index (χ3n) is 4.42. The second-order valence-corrected chi connectivity index (χ2v) is 6.73. The van der Waals surface area contributed by atoms with Gasteiger partial charge in [-0.05, 0) is 31.9 Å². The first-order valence-electron chi connectivity index (χ1n) is 8.62. The topological polar surface area (TPSA) is 59.2 Å². The highest BCUT2D eigenvalue weighted by Crippen LogP contribution is 2.17. The van der Waals surface area contributed by atoms with Crippen molar-refractivity contribution in [1.29, 1.82) is 0 Å². The first-order valence-corrected chi connectivity index (χ1v) is 8.62. The van der Waals surface area contributed by atoms with Gasteiger partial charge in [-0.25, -0.2) is 0 Å². The Bertz CT molecular complexity index is 913. The van der Waals surface area contributed by atoms with Crippen LogP contribution in [0.4, 0.5) is 0 Å². The quantitative estimate of drug-likeness (QED) is 0.702. The molecule has 1 heterocycles. The van der Waals surface area contributed by atoms with Gasteiger partial charge in [0.15, 0.2) is 0 Å². The van der Waals surface area contributed by atoms with E-state index in [0.29, 0.717) is 24.7 Å². The second kappa shape index (κ2) is 7.52. The zero-order valence-electron chi connectivity index (χ0n) is 15.6. The molecule has 0 aliphatic rings. The first kappa shape index (κ1) is 17.9. The number of hydrogen-bond acceptors (Lipinski definition) is 4. The number of amides is 1. The van der Waals surface area contributed by atoms with Crippen molar-refractivity contribution in [2.75, 3.05) is 7.05 Å². The SMILES string of the molecule is Cc1ccc(-c2noc(CN(C)C(=O)Cc3cc(C)ccc3C)n2)cc1. The van der Waals surface area contributed by atoms with Gasteiger partial charge in [0, 0.05) is 12.6 Å². The van der Waals surface area contributed by atoms with Crippen LogP contribution in [0.25, 0.3) is 11.4 Å². The number of aryl methyl sites for hydroxylation is 3. The summed E-state index contributed by atoms with van der Waals surface area (Å²) in [5, 5.41) is 4.01. The van der Waals surface area contributed by atoms with Gasteiger partial charge in [0.1, 0.15) is 0 Å². The molecule has 0 aliphatic carbocycles. The summed E-state index contributed by atoms with van der Waals surface area (Å²) < 4.78 is 5.31. The number of likely N-dealkylation sites (N-methyl/N-ethyl adjacent to an activating group) is 1. The molecule has 0 atom stereocenters. The Balaban J connectivity index is 1.66. The summed E-state index contributed by atoms with van der Waals surface area (Å²) >= 11 is 0. The standard InChI is InChI=1S/C21H23N3O2/c1-14-6-9-17(10-7-14)21-22-19(26-23-21)13-24(4)20(25)12-18-11-15(2)5-8-16(18)3/h5-11H,12-13H2,1-4H3. The van der Waals surface area contributed by atoms with Crippen LogP contribution in [0, 0.1) is 20.8 Å². The fourth-order valence-corrected chi connectivity index (χ4v) is 2.72. The lowest BCUT2D eigenvalue weighted by Gasteiger charge is -2.16. The highest BCUT2D eigenvalue weighted by molar-refractivity contribution is 5.78. The summed E-state index contributed by atoms with van der Waals surface area (Å²) in [6, 6.07) is 14.1. The molecule has 1 aromatic heterocycles. The van der Waals surface area contributed by atoms with Crippen LogP contribution >= 0.6 is 0 Å². The van der Waals surface area contributed by atoms with E-state index in [0.717, 1.165) is 22.3 Å². The molecule has 3 rings (SSSR count). The maximum Gasteiger partial charge on any atom is 0.246 e. The Labute approximate surface area is 153 Å². The maximum absolute atomic E-state index is 12.5. The zero-order chi connectivity index (χ0) is 18.7. The molecule has 5 heteroatoms. The van der Waals surface area contributed by atoms with Crippen molar-refractivity contribution in [3.05, 3.63) is 70.6 Å². The summed E-state index contributed by atoms with van der Waals surface area (Å²) in [5.41, 5.74) is 5.40. The molecule has 0 unspecified atom stereocenters. The third-order valence-corrected chi connectivity index (χ3v) is 4.42. The van der Waals surface area contributed by atoms with Gasteiger partial charge >= 0.3 is 0 Å². The smallest absolute Gasteiger partial charge is 0.246 e. The lowest BCUT2D eigenvalue weighted by Crippen LogP contribution is -2.28. The fourth-order valence-electron chi connectivity index (χ4n) is 2.72. The van der Waals surface area contributed by atoms with E-state index in [1.165, 1.54) is 5.56 Å². The molecule has 0 N–H and O–H groups in total. The largest absolute Gasteiger partial charge is 0.337 e. The summed E-state index contributed by atoms with van der Waals surface area (Å²) in [4.78, 5) is 18.5. The van der Waals surface area contributed by atoms with E-state index in [1.54, 1.807) is 11.9 Å². The summed E-state index contributed by atoms with van der Waals surface area (Å²) in [5.74, 6) is 0.988. The van der Waals surface area contributed by atoms with Crippen LogP contribution in [0.3, 0.4) is 0 Å². The average molecular weight is 349 g/mol. The van der Waals surface area contributed by atoms with Crippen molar-refractivity contribution >= 4 is 5.91 Å². The van der Waals surface area contributed by atoms with Gasteiger partial charge < -0.3 is 9.42 Å². The molecule has 0 fully saturated rings. The van der Waals surface area contributed by atoms with Crippen molar-refractivity contribution < 1.29 is 9.32 Å². The number of hydrogen-bond donors (Lipinski definition) is 0. The zero-order valence-corrected chi connectivity index (χ0v) is 15.6. The minimum atomic E-state index is 0.0220. The van der Waals surface area contributed by atoms with Crippen molar-refractivity contribution in [2.24, 2.45) is 0 Å². The van der Waals surface area contributed by atoms with Gasteiger partial charge in [-0.2, -0.15) is 4.98 Å². The van der Waals surface area contributed by atoms with Crippen molar-refractivity contribution in [3.8, 4) is 11.4 Å². The average Bonchev–Trinajstić information content (AvgIpc) is 3.07. The Hall–Kier alpha value is -2.95. The second-order valence-electron chi connectivity index (χ2n) is 6.73. The summed E-state index contributed by atoms with van der Waals surface area (Å²) in [7, 11) is 1.75. The predicted octanol–water partition coefficient (Wildman–Crippen LogP) is 3.86. The molecule has 0 saturated heterocycles. The lowest BCUT2D eigenvalue weighted by atomic mass is 10.0. The van der Waals surface area contributed by atoms with Crippen LogP contribution in [0.5, 0.6) is 0 Å². The highest BCUT2D eigenvalue weighted by atomic mass is 16.5. The number of benzene rings is 2. The number of rotatable bonds is 5. The maximum atomic E-state index is 12.5. The molecular formula is C21H23N3O2. The van der Waals surface area contributed by atoms with Gasteiger partial charge in [-0.1, -0.05) is 58.7 Å². The third kappa shape index (κ3) is 4.17. The van der Waals surface area contributed by atoms with E-state index in [1.807, 2.05) is 51.1 Å². The molecule has 0 bridgehead atoms. The molecule has 2 aromatic carbocycles. The minimum absolute atomic E-state index is 0.0220. The Kier molecular flexibility index (Phi) is 5.16. The van der Waals surface area contributed by atoms with E-state index >= 15 is 0 Å². The van der Waals surface area contributed by atoms with Gasteiger partial charge in [0.25, 0.3) is 0 Å².